The van der Waals surface area contributed by atoms with Crippen LogP contribution in [0.15, 0.2) is 43.0 Å². The van der Waals surface area contributed by atoms with Gasteiger partial charge >= 0.3 is 0 Å². The Hall–Kier alpha value is -1.50. The molecule has 0 unspecified atom stereocenters. The first-order valence-electron chi connectivity index (χ1n) is 4.74. The van der Waals surface area contributed by atoms with Crippen molar-refractivity contribution in [2.75, 3.05) is 0 Å². The van der Waals surface area contributed by atoms with Crippen molar-refractivity contribution in [2.24, 2.45) is 0 Å². The van der Waals surface area contributed by atoms with E-state index in [2.05, 4.69) is 61.9 Å². The van der Waals surface area contributed by atoms with Gasteiger partial charge in [-0.1, -0.05) is 12.1 Å². The van der Waals surface area contributed by atoms with Crippen LogP contribution in [0.1, 0.15) is 0 Å². The number of imidazole rings is 1. The molecular formula is C11H7IN4. The molecule has 0 saturated carbocycles. The van der Waals surface area contributed by atoms with Crippen molar-refractivity contribution in [1.82, 2.24) is 19.6 Å². The van der Waals surface area contributed by atoms with E-state index in [1.165, 1.54) is 9.90 Å². The maximum absolute atomic E-state index is 4.45. The number of fused-ring (bicyclic) bond motifs is 1. The van der Waals surface area contributed by atoms with Gasteiger partial charge in [0.05, 0.1) is 18.1 Å². The molecule has 0 saturated heterocycles. The number of hydrogen-bond donors (Lipinski definition) is 0. The molecule has 0 radical (unpaired) electrons. The zero-order valence-electron chi connectivity index (χ0n) is 8.21. The first-order valence-corrected chi connectivity index (χ1v) is 5.82. The van der Waals surface area contributed by atoms with Gasteiger partial charge < -0.3 is 0 Å². The van der Waals surface area contributed by atoms with E-state index in [-0.39, 0.29) is 0 Å². The fourth-order valence-corrected chi connectivity index (χ4v) is 1.87. The lowest BCUT2D eigenvalue weighted by Crippen LogP contribution is -1.88. The van der Waals surface area contributed by atoms with Gasteiger partial charge in [0.2, 0.25) is 0 Å². The third-order valence-electron chi connectivity index (χ3n) is 2.29. The van der Waals surface area contributed by atoms with Gasteiger partial charge in [0, 0.05) is 9.13 Å². The summed E-state index contributed by atoms with van der Waals surface area (Å²) in [6, 6.07) is 8.23. The molecule has 0 atom stereocenters. The lowest BCUT2D eigenvalue weighted by Gasteiger charge is -1.95. The lowest BCUT2D eigenvalue weighted by atomic mass is 10.2. The standard InChI is InChI=1S/C11H7IN4/c12-9-3-1-8(2-4-9)10-6-16-11(15-10)5-13-7-14-16/h1-7H. The van der Waals surface area contributed by atoms with Gasteiger partial charge in [-0.15, -0.1) is 0 Å². The second-order valence-corrected chi connectivity index (χ2v) is 4.59. The van der Waals surface area contributed by atoms with Crippen molar-refractivity contribution in [3.05, 3.63) is 46.6 Å². The molecule has 0 bridgehead atoms. The quantitative estimate of drug-likeness (QED) is 0.646. The second kappa shape index (κ2) is 3.82. The number of nitrogens with zero attached hydrogens (tertiary/aromatic N) is 4. The van der Waals surface area contributed by atoms with Gasteiger partial charge in [-0.3, -0.25) is 0 Å². The molecule has 1 aromatic carbocycles. The Morgan fingerprint density at radius 2 is 1.94 bits per heavy atom. The molecule has 0 amide bonds. The van der Waals surface area contributed by atoms with Crippen molar-refractivity contribution >= 4 is 28.2 Å². The summed E-state index contributed by atoms with van der Waals surface area (Å²) in [5.41, 5.74) is 2.76. The number of halogens is 1. The SMILES string of the molecule is Ic1ccc(-c2cn3ncncc3n2)cc1. The number of aromatic nitrogens is 4. The molecule has 0 aliphatic rings. The highest BCUT2D eigenvalue weighted by molar-refractivity contribution is 14.1. The fourth-order valence-electron chi connectivity index (χ4n) is 1.51. The van der Waals surface area contributed by atoms with E-state index in [9.17, 15) is 0 Å². The predicted molar refractivity (Wildman–Crippen MR) is 68.9 cm³/mol. The van der Waals surface area contributed by atoms with Crippen LogP contribution in [0.4, 0.5) is 0 Å². The average Bonchev–Trinajstić information content (AvgIpc) is 2.73. The molecule has 16 heavy (non-hydrogen) atoms. The fraction of sp³-hybridized carbons (Fsp3) is 0. The first kappa shape index (κ1) is 9.71. The highest BCUT2D eigenvalue weighted by atomic mass is 127. The molecule has 5 heteroatoms. The van der Waals surface area contributed by atoms with E-state index in [1.54, 1.807) is 10.7 Å². The summed E-state index contributed by atoms with van der Waals surface area (Å²) in [6.45, 7) is 0. The summed E-state index contributed by atoms with van der Waals surface area (Å²) in [4.78, 5) is 8.39. The van der Waals surface area contributed by atoms with Gasteiger partial charge in [0.25, 0.3) is 0 Å². The molecule has 0 spiro atoms. The smallest absolute Gasteiger partial charge is 0.172 e. The maximum atomic E-state index is 4.45. The van der Waals surface area contributed by atoms with Gasteiger partial charge in [-0.25, -0.2) is 14.5 Å². The molecule has 2 aromatic heterocycles. The third kappa shape index (κ3) is 1.67. The van der Waals surface area contributed by atoms with Crippen LogP contribution in [0.5, 0.6) is 0 Å². The Morgan fingerprint density at radius 1 is 1.12 bits per heavy atom. The Bertz CT molecular complexity index is 597. The normalized spacial score (nSPS) is 10.8. The molecule has 78 valence electrons. The molecule has 0 N–H and O–H groups in total. The van der Waals surface area contributed by atoms with E-state index in [0.29, 0.717) is 0 Å². The highest BCUT2D eigenvalue weighted by Crippen LogP contribution is 2.19. The van der Waals surface area contributed by atoms with Crippen LogP contribution in [-0.2, 0) is 0 Å². The summed E-state index contributed by atoms with van der Waals surface area (Å²) in [6.07, 6.45) is 5.11. The Balaban J connectivity index is 2.15. The third-order valence-corrected chi connectivity index (χ3v) is 3.01. The van der Waals surface area contributed by atoms with Gasteiger partial charge in [0.15, 0.2) is 5.65 Å². The van der Waals surface area contributed by atoms with E-state index in [4.69, 9.17) is 0 Å². The molecule has 0 aliphatic carbocycles. The molecule has 0 fully saturated rings. The highest BCUT2D eigenvalue weighted by Gasteiger charge is 2.04. The van der Waals surface area contributed by atoms with Gasteiger partial charge in [-0.2, -0.15) is 5.10 Å². The molecule has 3 aromatic rings. The zero-order valence-corrected chi connectivity index (χ0v) is 10.4. The Labute approximate surface area is 105 Å². The number of benzene rings is 1. The molecule has 3 rings (SSSR count). The zero-order chi connectivity index (χ0) is 11.0. The topological polar surface area (TPSA) is 43.1 Å². The second-order valence-electron chi connectivity index (χ2n) is 3.34. The van der Waals surface area contributed by atoms with E-state index >= 15 is 0 Å². The summed E-state index contributed by atoms with van der Waals surface area (Å²) in [7, 11) is 0. The predicted octanol–water partition coefficient (Wildman–Crippen LogP) is 2.40. The van der Waals surface area contributed by atoms with Gasteiger partial charge in [0.1, 0.15) is 6.33 Å². The van der Waals surface area contributed by atoms with Crippen LogP contribution >= 0.6 is 22.6 Å². The summed E-state index contributed by atoms with van der Waals surface area (Å²) < 4.78 is 2.94. The molecular weight excluding hydrogens is 315 g/mol. The monoisotopic (exact) mass is 322 g/mol. The van der Waals surface area contributed by atoms with E-state index in [1.807, 2.05) is 6.20 Å². The first-order chi connectivity index (χ1) is 7.83. The molecule has 4 nitrogen and oxygen atoms in total. The van der Waals surface area contributed by atoms with Crippen molar-refractivity contribution < 1.29 is 0 Å². The van der Waals surface area contributed by atoms with Gasteiger partial charge in [-0.05, 0) is 34.7 Å². The minimum atomic E-state index is 0.760. The van der Waals surface area contributed by atoms with Crippen LogP contribution in [0.2, 0.25) is 0 Å². The Morgan fingerprint density at radius 3 is 2.69 bits per heavy atom. The van der Waals surface area contributed by atoms with Crippen LogP contribution in [0, 0.1) is 3.57 Å². The summed E-state index contributed by atoms with van der Waals surface area (Å²) >= 11 is 2.28. The maximum Gasteiger partial charge on any atom is 0.172 e. The van der Waals surface area contributed by atoms with Crippen molar-refractivity contribution in [1.29, 1.82) is 0 Å². The number of rotatable bonds is 1. The minimum absolute atomic E-state index is 0.760. The van der Waals surface area contributed by atoms with Crippen LogP contribution in [-0.4, -0.2) is 19.6 Å². The van der Waals surface area contributed by atoms with Crippen molar-refractivity contribution in [2.45, 2.75) is 0 Å². The molecule has 0 aliphatic heterocycles. The van der Waals surface area contributed by atoms with Crippen LogP contribution < -0.4 is 0 Å². The van der Waals surface area contributed by atoms with Crippen LogP contribution in [0.25, 0.3) is 16.9 Å². The van der Waals surface area contributed by atoms with Crippen molar-refractivity contribution in [3.8, 4) is 11.3 Å². The summed E-state index contributed by atoms with van der Waals surface area (Å²) in [5.74, 6) is 0. The average molecular weight is 322 g/mol. The summed E-state index contributed by atoms with van der Waals surface area (Å²) in [5, 5.41) is 4.09. The van der Waals surface area contributed by atoms with Crippen LogP contribution in [0.3, 0.4) is 0 Å². The Kier molecular flexibility index (Phi) is 2.32. The van der Waals surface area contributed by atoms with Crippen molar-refractivity contribution in [3.63, 3.8) is 0 Å². The van der Waals surface area contributed by atoms with E-state index in [0.717, 1.165) is 16.9 Å². The minimum Gasteiger partial charge on any atom is -0.239 e. The molecule has 2 heterocycles. The van der Waals surface area contributed by atoms with E-state index < -0.39 is 0 Å². The number of hydrogen-bond acceptors (Lipinski definition) is 3. The lowest BCUT2D eigenvalue weighted by molar-refractivity contribution is 0.898. The largest absolute Gasteiger partial charge is 0.239 e.